The van der Waals surface area contributed by atoms with Gasteiger partial charge in [0.05, 0.1) is 0 Å². The average molecular weight is 433 g/mol. The summed E-state index contributed by atoms with van der Waals surface area (Å²) in [5.74, 6) is 1.30. The minimum atomic E-state index is 0.0101. The zero-order valence-electron chi connectivity index (χ0n) is 19.5. The first-order chi connectivity index (χ1) is 15.6. The molecule has 2 heterocycles. The Morgan fingerprint density at radius 2 is 1.97 bits per heavy atom. The van der Waals surface area contributed by atoms with Gasteiger partial charge in [-0.25, -0.2) is 0 Å². The van der Waals surface area contributed by atoms with Gasteiger partial charge in [-0.3, -0.25) is 4.79 Å². The first-order valence-electron chi connectivity index (χ1n) is 12.4. The highest BCUT2D eigenvalue weighted by Crippen LogP contribution is 2.41. The molecular weight excluding hydrogens is 396 g/mol. The molecule has 1 aromatic rings. The number of aryl methyl sites for hydroxylation is 1. The van der Waals surface area contributed by atoms with Crippen LogP contribution in [0.15, 0.2) is 48.1 Å². The van der Waals surface area contributed by atoms with Crippen molar-refractivity contribution in [1.82, 2.24) is 10.2 Å². The number of fused-ring (bicyclic) bond motifs is 1. The molecule has 1 atom stereocenters. The summed E-state index contributed by atoms with van der Waals surface area (Å²) in [7, 11) is 1.70. The van der Waals surface area contributed by atoms with Crippen LogP contribution in [0.3, 0.4) is 0 Å². The maximum Gasteiger partial charge on any atom is 0.247 e. The number of piperidine rings is 1. The van der Waals surface area contributed by atoms with Crippen molar-refractivity contribution in [3.8, 4) is 5.75 Å². The van der Waals surface area contributed by atoms with Crippen LogP contribution >= 0.6 is 0 Å². The highest BCUT2D eigenvalue weighted by atomic mass is 16.5. The highest BCUT2D eigenvalue weighted by molar-refractivity contribution is 5.94. The first-order valence-corrected chi connectivity index (χ1v) is 12.4. The van der Waals surface area contributed by atoms with Crippen molar-refractivity contribution in [3.63, 3.8) is 0 Å². The van der Waals surface area contributed by atoms with E-state index in [0.717, 1.165) is 55.0 Å². The van der Waals surface area contributed by atoms with Crippen LogP contribution in [0.2, 0.25) is 0 Å². The summed E-state index contributed by atoms with van der Waals surface area (Å²) in [5, 5.41) is 2.77. The number of benzene rings is 1. The van der Waals surface area contributed by atoms with Crippen LogP contribution in [-0.2, 0) is 11.2 Å². The van der Waals surface area contributed by atoms with E-state index in [1.54, 1.807) is 7.05 Å². The van der Waals surface area contributed by atoms with Gasteiger partial charge in [-0.15, -0.1) is 0 Å². The van der Waals surface area contributed by atoms with E-state index in [-0.39, 0.29) is 17.4 Å². The molecule has 1 saturated heterocycles. The van der Waals surface area contributed by atoms with Gasteiger partial charge in [-0.05, 0) is 79.7 Å². The molecule has 2 fully saturated rings. The van der Waals surface area contributed by atoms with E-state index >= 15 is 0 Å². The lowest BCUT2D eigenvalue weighted by Crippen LogP contribution is -2.53. The van der Waals surface area contributed by atoms with Crippen molar-refractivity contribution in [2.24, 2.45) is 5.92 Å². The maximum atomic E-state index is 12.3. The minimum absolute atomic E-state index is 0.0101. The highest BCUT2D eigenvalue weighted by Gasteiger charge is 2.41. The summed E-state index contributed by atoms with van der Waals surface area (Å²) < 4.78 is 6.68. The summed E-state index contributed by atoms with van der Waals surface area (Å²) in [4.78, 5) is 15.0. The Hall–Kier alpha value is -2.33. The van der Waals surface area contributed by atoms with E-state index in [4.69, 9.17) is 4.74 Å². The lowest BCUT2D eigenvalue weighted by atomic mass is 9.80. The molecule has 5 rings (SSSR count). The topological polar surface area (TPSA) is 41.6 Å². The van der Waals surface area contributed by atoms with Gasteiger partial charge < -0.3 is 15.0 Å². The predicted octanol–water partition coefficient (Wildman–Crippen LogP) is 5.05. The van der Waals surface area contributed by atoms with Crippen molar-refractivity contribution < 1.29 is 9.53 Å². The number of hydrogen-bond acceptors (Lipinski definition) is 3. The molecule has 1 amide bonds. The Bertz CT molecular complexity index is 962. The number of allylic oxidation sites excluding steroid dienone is 5. The standard InChI is InChI=1S/C28H36N2O2/c1-20-5-3-6-21(9-11-25(20)27(31)29-2)22-10-12-26-23(19-22)13-14-28(32-26)15-17-30(18-16-28)24-7-4-8-24/h3,6,9-12,19-20,24H,4-5,7-8,13-18H2,1-2H3,(H,29,31)/b6-3+,21-9+,25-11+. The van der Waals surface area contributed by atoms with Crippen LogP contribution in [0.1, 0.15) is 63.0 Å². The smallest absolute Gasteiger partial charge is 0.247 e. The molecular formula is C28H36N2O2. The van der Waals surface area contributed by atoms with E-state index in [1.807, 2.05) is 6.08 Å². The molecule has 1 aromatic carbocycles. The lowest BCUT2D eigenvalue weighted by Gasteiger charge is -2.48. The SMILES string of the molecule is CNC(=O)/C1=C/C=C(c2ccc3c(c2)CCC2(CCN(C4CCC4)CC2)O3)\C=C\CC1C. The van der Waals surface area contributed by atoms with Gasteiger partial charge in [-0.1, -0.05) is 43.7 Å². The fourth-order valence-electron chi connectivity index (χ4n) is 5.66. The number of nitrogens with one attached hydrogen (secondary N) is 1. The van der Waals surface area contributed by atoms with E-state index in [1.165, 1.54) is 43.5 Å². The second-order valence-electron chi connectivity index (χ2n) is 10.1. The molecule has 4 heteroatoms. The largest absolute Gasteiger partial charge is 0.487 e. The molecule has 4 nitrogen and oxygen atoms in total. The van der Waals surface area contributed by atoms with Crippen LogP contribution in [0.5, 0.6) is 5.75 Å². The summed E-state index contributed by atoms with van der Waals surface area (Å²) in [6, 6.07) is 7.48. The fourth-order valence-corrected chi connectivity index (χ4v) is 5.66. The van der Waals surface area contributed by atoms with Gasteiger partial charge in [0.1, 0.15) is 11.4 Å². The Kier molecular flexibility index (Phi) is 5.98. The quantitative estimate of drug-likeness (QED) is 0.727. The fraction of sp³-hybridized carbons (Fsp3) is 0.536. The van der Waals surface area contributed by atoms with E-state index in [2.05, 4.69) is 53.6 Å². The predicted molar refractivity (Wildman–Crippen MR) is 130 cm³/mol. The third-order valence-corrected chi connectivity index (χ3v) is 8.12. The number of likely N-dealkylation sites (N-methyl/N-ethyl adjacent to an activating group) is 1. The van der Waals surface area contributed by atoms with Gasteiger partial charge in [0.2, 0.25) is 5.91 Å². The van der Waals surface area contributed by atoms with Crippen LogP contribution in [0, 0.1) is 5.92 Å². The molecule has 0 radical (unpaired) electrons. The number of carbonyl (C=O) groups is 1. The summed E-state index contributed by atoms with van der Waals surface area (Å²) in [5.41, 5.74) is 4.53. The number of carbonyl (C=O) groups excluding carboxylic acids is 1. The molecule has 2 aliphatic heterocycles. The number of ether oxygens (including phenoxy) is 1. The molecule has 1 saturated carbocycles. The molecule has 32 heavy (non-hydrogen) atoms. The van der Waals surface area contributed by atoms with Crippen molar-refractivity contribution in [2.45, 2.75) is 69.9 Å². The Labute approximate surface area is 192 Å². The third kappa shape index (κ3) is 4.17. The van der Waals surface area contributed by atoms with Gasteiger partial charge in [0.15, 0.2) is 0 Å². The Morgan fingerprint density at radius 1 is 1.16 bits per heavy atom. The van der Waals surface area contributed by atoms with Crippen LogP contribution in [0.25, 0.3) is 5.57 Å². The molecule has 1 N–H and O–H groups in total. The number of amides is 1. The van der Waals surface area contributed by atoms with E-state index in [0.29, 0.717) is 0 Å². The molecule has 170 valence electrons. The van der Waals surface area contributed by atoms with E-state index in [9.17, 15) is 4.79 Å². The Balaban J connectivity index is 1.32. The number of rotatable bonds is 3. The van der Waals surface area contributed by atoms with E-state index < -0.39 is 0 Å². The van der Waals surface area contributed by atoms with Crippen molar-refractivity contribution >= 4 is 11.5 Å². The van der Waals surface area contributed by atoms with Crippen LogP contribution in [0.4, 0.5) is 0 Å². The summed E-state index contributed by atoms with van der Waals surface area (Å²) in [6.07, 6.45) is 18.0. The first kappa shape index (κ1) is 21.5. The Morgan fingerprint density at radius 3 is 2.69 bits per heavy atom. The second-order valence-corrected chi connectivity index (χ2v) is 10.1. The van der Waals surface area contributed by atoms with Gasteiger partial charge in [0, 0.05) is 31.8 Å². The average Bonchev–Trinajstić information content (AvgIpc) is 2.76. The van der Waals surface area contributed by atoms with Crippen molar-refractivity contribution in [2.75, 3.05) is 20.1 Å². The van der Waals surface area contributed by atoms with Gasteiger partial charge in [0.25, 0.3) is 0 Å². The molecule has 1 unspecified atom stereocenters. The zero-order chi connectivity index (χ0) is 22.1. The second kappa shape index (κ2) is 8.90. The molecule has 0 aromatic heterocycles. The van der Waals surface area contributed by atoms with Gasteiger partial charge >= 0.3 is 0 Å². The number of likely N-dealkylation sites (tertiary alicyclic amines) is 1. The molecule has 4 aliphatic rings. The van der Waals surface area contributed by atoms with Crippen molar-refractivity contribution in [1.29, 1.82) is 0 Å². The summed E-state index contributed by atoms with van der Waals surface area (Å²) >= 11 is 0. The summed E-state index contributed by atoms with van der Waals surface area (Å²) in [6.45, 7) is 4.48. The maximum absolute atomic E-state index is 12.3. The minimum Gasteiger partial charge on any atom is -0.487 e. The van der Waals surface area contributed by atoms with Crippen molar-refractivity contribution in [3.05, 3.63) is 59.2 Å². The molecule has 1 spiro atoms. The zero-order valence-corrected chi connectivity index (χ0v) is 19.5. The monoisotopic (exact) mass is 432 g/mol. The molecule has 0 bridgehead atoms. The normalized spacial score (nSPS) is 29.8. The van der Waals surface area contributed by atoms with Gasteiger partial charge in [-0.2, -0.15) is 0 Å². The third-order valence-electron chi connectivity index (χ3n) is 8.12. The molecule has 2 aliphatic carbocycles. The van der Waals surface area contributed by atoms with Crippen LogP contribution in [-0.4, -0.2) is 42.6 Å². The number of nitrogens with zero attached hydrogens (tertiary/aromatic N) is 1. The number of hydrogen-bond donors (Lipinski definition) is 1. The lowest BCUT2D eigenvalue weighted by molar-refractivity contribution is -0.117. The van der Waals surface area contributed by atoms with Crippen LogP contribution < -0.4 is 10.1 Å².